The van der Waals surface area contributed by atoms with Gasteiger partial charge in [0.2, 0.25) is 0 Å². The lowest BCUT2D eigenvalue weighted by molar-refractivity contribution is -0.119. The van der Waals surface area contributed by atoms with E-state index in [1.807, 2.05) is 0 Å². The molecule has 0 heterocycles. The van der Waals surface area contributed by atoms with Crippen LogP contribution in [-0.4, -0.2) is 5.78 Å². The molecule has 12 heavy (non-hydrogen) atoms. The summed E-state index contributed by atoms with van der Waals surface area (Å²) >= 11 is 0. The summed E-state index contributed by atoms with van der Waals surface area (Å²) in [5.74, 6) is 0.800. The molecule has 0 aliphatic heterocycles. The van der Waals surface area contributed by atoms with Crippen LogP contribution in [0.3, 0.4) is 0 Å². The summed E-state index contributed by atoms with van der Waals surface area (Å²) in [4.78, 5) is 11.4. The Bertz CT molecular complexity index is 215. The molecule has 0 aromatic carbocycles. The molecule has 1 heteroatoms. The van der Waals surface area contributed by atoms with Crippen molar-refractivity contribution in [3.8, 4) is 0 Å². The molecule has 2 saturated carbocycles. The standard InChI is InChI=1S/C11H18O/c1-8(12)9-10(2)6-4-5-7-11(9,10)3/h9H,4-7H2,1-3H3/t9?,10-,11+. The largest absolute Gasteiger partial charge is 0.300 e. The fourth-order valence-electron chi connectivity index (χ4n) is 3.70. The van der Waals surface area contributed by atoms with Gasteiger partial charge in [-0.15, -0.1) is 0 Å². The molecule has 2 aliphatic rings. The van der Waals surface area contributed by atoms with E-state index in [1.54, 1.807) is 6.92 Å². The summed E-state index contributed by atoms with van der Waals surface area (Å²) in [6.45, 7) is 6.37. The molecule has 0 bridgehead atoms. The molecule has 2 fully saturated rings. The summed E-state index contributed by atoms with van der Waals surface area (Å²) in [6, 6.07) is 0. The zero-order valence-electron chi connectivity index (χ0n) is 8.31. The van der Waals surface area contributed by atoms with E-state index in [9.17, 15) is 4.79 Å². The Labute approximate surface area is 74.5 Å². The van der Waals surface area contributed by atoms with Crippen molar-refractivity contribution < 1.29 is 4.79 Å². The Morgan fingerprint density at radius 1 is 1.17 bits per heavy atom. The molecule has 2 rings (SSSR count). The van der Waals surface area contributed by atoms with Gasteiger partial charge in [0.1, 0.15) is 5.78 Å². The van der Waals surface area contributed by atoms with Crippen molar-refractivity contribution >= 4 is 5.78 Å². The van der Waals surface area contributed by atoms with Gasteiger partial charge in [0.05, 0.1) is 0 Å². The van der Waals surface area contributed by atoms with Crippen molar-refractivity contribution in [2.24, 2.45) is 16.7 Å². The minimum Gasteiger partial charge on any atom is -0.300 e. The fourth-order valence-corrected chi connectivity index (χ4v) is 3.70. The molecule has 3 atom stereocenters. The van der Waals surface area contributed by atoms with E-state index in [2.05, 4.69) is 13.8 Å². The maximum Gasteiger partial charge on any atom is 0.134 e. The van der Waals surface area contributed by atoms with Crippen LogP contribution in [0.4, 0.5) is 0 Å². The highest BCUT2D eigenvalue weighted by Gasteiger charge is 2.72. The number of carbonyl (C=O) groups is 1. The van der Waals surface area contributed by atoms with Crippen LogP contribution in [0.2, 0.25) is 0 Å². The number of hydrogen-bond donors (Lipinski definition) is 0. The van der Waals surface area contributed by atoms with E-state index in [0.29, 0.717) is 22.5 Å². The van der Waals surface area contributed by atoms with E-state index < -0.39 is 0 Å². The smallest absolute Gasteiger partial charge is 0.134 e. The first-order valence-corrected chi connectivity index (χ1v) is 5.03. The minimum absolute atomic E-state index is 0.372. The first-order valence-electron chi connectivity index (χ1n) is 5.03. The average molecular weight is 166 g/mol. The van der Waals surface area contributed by atoms with E-state index >= 15 is 0 Å². The Morgan fingerprint density at radius 3 is 1.92 bits per heavy atom. The second kappa shape index (κ2) is 2.12. The second-order valence-corrected chi connectivity index (χ2v) is 5.09. The molecule has 68 valence electrons. The molecule has 0 spiro atoms. The van der Waals surface area contributed by atoms with Crippen LogP contribution < -0.4 is 0 Å². The lowest BCUT2D eigenvalue weighted by Gasteiger charge is -2.23. The molecule has 2 aliphatic carbocycles. The molecular weight excluding hydrogens is 148 g/mol. The van der Waals surface area contributed by atoms with Gasteiger partial charge < -0.3 is 0 Å². The zero-order valence-corrected chi connectivity index (χ0v) is 8.31. The van der Waals surface area contributed by atoms with Crippen molar-refractivity contribution in [1.82, 2.24) is 0 Å². The van der Waals surface area contributed by atoms with Gasteiger partial charge in [0.25, 0.3) is 0 Å². The normalized spacial score (nSPS) is 51.4. The van der Waals surface area contributed by atoms with Crippen LogP contribution in [0.5, 0.6) is 0 Å². The van der Waals surface area contributed by atoms with Crippen LogP contribution in [0.1, 0.15) is 46.5 Å². The minimum atomic E-state index is 0.372. The topological polar surface area (TPSA) is 17.1 Å². The highest BCUT2D eigenvalue weighted by atomic mass is 16.1. The summed E-state index contributed by atoms with van der Waals surface area (Å²) in [7, 11) is 0. The first kappa shape index (κ1) is 8.28. The van der Waals surface area contributed by atoms with Crippen molar-refractivity contribution in [1.29, 1.82) is 0 Å². The third-order valence-corrected chi connectivity index (χ3v) is 4.54. The van der Waals surface area contributed by atoms with E-state index in [-0.39, 0.29) is 0 Å². The number of fused-ring (bicyclic) bond motifs is 1. The molecule has 0 aromatic rings. The maximum absolute atomic E-state index is 11.4. The third kappa shape index (κ3) is 0.725. The van der Waals surface area contributed by atoms with Gasteiger partial charge in [-0.3, -0.25) is 4.79 Å². The molecular formula is C11H18O. The van der Waals surface area contributed by atoms with Gasteiger partial charge >= 0.3 is 0 Å². The molecule has 0 radical (unpaired) electrons. The summed E-state index contributed by atoms with van der Waals surface area (Å²) in [5.41, 5.74) is 0.744. The van der Waals surface area contributed by atoms with Gasteiger partial charge in [-0.25, -0.2) is 0 Å². The molecule has 0 amide bonds. The molecule has 1 unspecified atom stereocenters. The summed E-state index contributed by atoms with van der Waals surface area (Å²) in [5, 5.41) is 0. The number of rotatable bonds is 1. The van der Waals surface area contributed by atoms with E-state index in [4.69, 9.17) is 0 Å². The zero-order chi connectivity index (χ0) is 8.98. The summed E-state index contributed by atoms with van der Waals surface area (Å²) in [6.07, 6.45) is 5.20. The van der Waals surface area contributed by atoms with Gasteiger partial charge in [-0.05, 0) is 30.6 Å². The van der Waals surface area contributed by atoms with Crippen LogP contribution >= 0.6 is 0 Å². The van der Waals surface area contributed by atoms with Crippen molar-refractivity contribution in [2.75, 3.05) is 0 Å². The lowest BCUT2D eigenvalue weighted by Crippen LogP contribution is -2.12. The average Bonchev–Trinajstić information content (AvgIpc) is 2.47. The Morgan fingerprint density at radius 2 is 1.58 bits per heavy atom. The monoisotopic (exact) mass is 166 g/mol. The van der Waals surface area contributed by atoms with Crippen molar-refractivity contribution in [3.05, 3.63) is 0 Å². The summed E-state index contributed by atoms with van der Waals surface area (Å²) < 4.78 is 0. The SMILES string of the molecule is CC(=O)C1[C@]2(C)CCCC[C@]12C. The third-order valence-electron chi connectivity index (χ3n) is 4.54. The van der Waals surface area contributed by atoms with Crippen LogP contribution in [0.15, 0.2) is 0 Å². The molecule has 0 saturated heterocycles. The number of Topliss-reactive ketones (excluding diaryl/α,β-unsaturated/α-hetero) is 1. The van der Waals surface area contributed by atoms with Crippen LogP contribution in [0, 0.1) is 16.7 Å². The molecule has 0 N–H and O–H groups in total. The maximum atomic E-state index is 11.4. The van der Waals surface area contributed by atoms with Crippen LogP contribution in [0.25, 0.3) is 0 Å². The number of ketones is 1. The van der Waals surface area contributed by atoms with Crippen LogP contribution in [-0.2, 0) is 4.79 Å². The fraction of sp³-hybridized carbons (Fsp3) is 0.909. The Hall–Kier alpha value is -0.330. The van der Waals surface area contributed by atoms with Gasteiger partial charge in [0.15, 0.2) is 0 Å². The predicted octanol–water partition coefficient (Wildman–Crippen LogP) is 2.79. The van der Waals surface area contributed by atoms with E-state index in [1.165, 1.54) is 25.7 Å². The Kier molecular flexibility index (Phi) is 1.47. The Balaban J connectivity index is 2.26. The van der Waals surface area contributed by atoms with Crippen molar-refractivity contribution in [2.45, 2.75) is 46.5 Å². The quantitative estimate of drug-likeness (QED) is 0.585. The lowest BCUT2D eigenvalue weighted by atomic mass is 9.82. The van der Waals surface area contributed by atoms with Gasteiger partial charge in [-0.1, -0.05) is 26.7 Å². The molecule has 0 aromatic heterocycles. The number of hydrogen-bond acceptors (Lipinski definition) is 1. The van der Waals surface area contributed by atoms with Crippen molar-refractivity contribution in [3.63, 3.8) is 0 Å². The van der Waals surface area contributed by atoms with E-state index in [0.717, 1.165) is 0 Å². The second-order valence-electron chi connectivity index (χ2n) is 5.09. The molecule has 1 nitrogen and oxygen atoms in total. The van der Waals surface area contributed by atoms with Gasteiger partial charge in [0, 0.05) is 5.92 Å². The predicted molar refractivity (Wildman–Crippen MR) is 48.9 cm³/mol. The highest BCUT2D eigenvalue weighted by molar-refractivity contribution is 5.84. The van der Waals surface area contributed by atoms with Gasteiger partial charge in [-0.2, -0.15) is 0 Å². The number of carbonyl (C=O) groups excluding carboxylic acids is 1. The highest BCUT2D eigenvalue weighted by Crippen LogP contribution is 2.75. The first-order chi connectivity index (χ1) is 5.52.